The molecule has 2 aromatic carbocycles. The summed E-state index contributed by atoms with van der Waals surface area (Å²) in [7, 11) is 1.60. The molecule has 168 valence electrons. The number of carboxylic acid groups (broad SMARTS) is 1. The molecule has 4 rings (SSSR count). The van der Waals surface area contributed by atoms with Gasteiger partial charge in [0.15, 0.2) is 0 Å². The molecular weight excluding hydrogens is 469 g/mol. The van der Waals surface area contributed by atoms with Crippen LogP contribution >= 0.6 is 23.2 Å². The summed E-state index contributed by atoms with van der Waals surface area (Å²) in [4.78, 5) is 40.8. The minimum absolute atomic E-state index is 0.186. The van der Waals surface area contributed by atoms with Crippen LogP contribution in [0.5, 0.6) is 5.75 Å². The number of hydrogen-bond acceptors (Lipinski definition) is 5. The highest BCUT2D eigenvalue weighted by Crippen LogP contribution is 2.29. The number of aromatic nitrogens is 2. The number of anilines is 1. The Labute approximate surface area is 197 Å². The molecule has 2 heterocycles. The van der Waals surface area contributed by atoms with Gasteiger partial charge in [-0.05, 0) is 54.0 Å². The molecule has 1 aromatic heterocycles. The van der Waals surface area contributed by atoms with Gasteiger partial charge >= 0.3 is 5.97 Å². The van der Waals surface area contributed by atoms with Gasteiger partial charge in [-0.1, -0.05) is 35.3 Å². The first-order valence-electron chi connectivity index (χ1n) is 9.78. The Morgan fingerprint density at radius 3 is 2.70 bits per heavy atom. The summed E-state index contributed by atoms with van der Waals surface area (Å²) >= 11 is 11.3. The SMILES string of the molecule is COc1cccc(C=C2CCn3c2nc2cc(NC(=O)/C(Cl)=C(/Cl)C(=O)O)ccc2c3=O)c1. The summed E-state index contributed by atoms with van der Waals surface area (Å²) in [6, 6.07) is 12.1. The van der Waals surface area contributed by atoms with E-state index >= 15 is 0 Å². The van der Waals surface area contributed by atoms with Gasteiger partial charge < -0.3 is 15.2 Å². The van der Waals surface area contributed by atoms with Gasteiger partial charge in [0.2, 0.25) is 0 Å². The average Bonchev–Trinajstić information content (AvgIpc) is 3.20. The molecule has 0 saturated heterocycles. The molecule has 0 radical (unpaired) electrons. The van der Waals surface area contributed by atoms with Crippen molar-refractivity contribution in [2.45, 2.75) is 13.0 Å². The lowest BCUT2D eigenvalue weighted by molar-refractivity contribution is -0.132. The van der Waals surface area contributed by atoms with E-state index in [1.54, 1.807) is 17.7 Å². The number of benzene rings is 2. The predicted molar refractivity (Wildman–Crippen MR) is 126 cm³/mol. The fraction of sp³-hybridized carbons (Fsp3) is 0.130. The number of allylic oxidation sites excluding steroid dienone is 1. The molecule has 1 aliphatic rings. The lowest BCUT2D eigenvalue weighted by atomic mass is 10.1. The second-order valence-corrected chi connectivity index (χ2v) is 7.96. The third kappa shape index (κ3) is 4.48. The highest BCUT2D eigenvalue weighted by atomic mass is 35.5. The Balaban J connectivity index is 1.72. The van der Waals surface area contributed by atoms with Gasteiger partial charge in [-0.3, -0.25) is 14.2 Å². The normalized spacial score (nSPS) is 14.7. The lowest BCUT2D eigenvalue weighted by Gasteiger charge is -2.09. The van der Waals surface area contributed by atoms with E-state index in [2.05, 4.69) is 10.3 Å². The van der Waals surface area contributed by atoms with E-state index in [9.17, 15) is 14.4 Å². The smallest absolute Gasteiger partial charge is 0.349 e. The van der Waals surface area contributed by atoms with E-state index in [0.717, 1.165) is 16.9 Å². The zero-order valence-corrected chi connectivity index (χ0v) is 18.8. The van der Waals surface area contributed by atoms with E-state index in [1.807, 2.05) is 30.3 Å². The number of carboxylic acids is 1. The summed E-state index contributed by atoms with van der Waals surface area (Å²) in [6.07, 6.45) is 2.61. The summed E-state index contributed by atoms with van der Waals surface area (Å²) < 4.78 is 6.89. The number of carbonyl (C=O) groups is 2. The maximum atomic E-state index is 13.0. The van der Waals surface area contributed by atoms with Crippen molar-refractivity contribution in [3.8, 4) is 5.75 Å². The number of nitrogens with one attached hydrogen (secondary N) is 1. The van der Waals surface area contributed by atoms with Crippen molar-refractivity contribution in [2.75, 3.05) is 12.4 Å². The number of amides is 1. The van der Waals surface area contributed by atoms with Crippen LogP contribution in [-0.2, 0) is 16.1 Å². The van der Waals surface area contributed by atoms with Crippen molar-refractivity contribution in [1.29, 1.82) is 0 Å². The van der Waals surface area contributed by atoms with E-state index in [4.69, 9.17) is 33.0 Å². The zero-order chi connectivity index (χ0) is 23.7. The number of ether oxygens (including phenoxy) is 1. The number of nitrogens with zero attached hydrogens (tertiary/aromatic N) is 2. The second kappa shape index (κ2) is 9.09. The van der Waals surface area contributed by atoms with Crippen molar-refractivity contribution in [2.24, 2.45) is 0 Å². The number of methoxy groups -OCH3 is 1. The van der Waals surface area contributed by atoms with Crippen LogP contribution in [0.3, 0.4) is 0 Å². The largest absolute Gasteiger partial charge is 0.497 e. The summed E-state index contributed by atoms with van der Waals surface area (Å²) in [5.74, 6) is -1.14. The quantitative estimate of drug-likeness (QED) is 0.527. The first kappa shape index (κ1) is 22.6. The highest BCUT2D eigenvalue weighted by molar-refractivity contribution is 6.54. The van der Waals surface area contributed by atoms with Crippen LogP contribution in [0, 0.1) is 0 Å². The molecule has 0 atom stereocenters. The van der Waals surface area contributed by atoms with Gasteiger partial charge in [-0.15, -0.1) is 0 Å². The topological polar surface area (TPSA) is 111 Å². The molecule has 0 bridgehead atoms. The summed E-state index contributed by atoms with van der Waals surface area (Å²) in [5, 5.41) is 10.3. The van der Waals surface area contributed by atoms with Gasteiger partial charge in [0.05, 0.1) is 18.0 Å². The van der Waals surface area contributed by atoms with Crippen molar-refractivity contribution in [1.82, 2.24) is 9.55 Å². The molecule has 2 N–H and O–H groups in total. The third-order valence-corrected chi connectivity index (χ3v) is 5.93. The zero-order valence-electron chi connectivity index (χ0n) is 17.3. The van der Waals surface area contributed by atoms with Crippen molar-refractivity contribution in [3.05, 3.63) is 74.3 Å². The van der Waals surface area contributed by atoms with Crippen molar-refractivity contribution in [3.63, 3.8) is 0 Å². The number of hydrogen-bond donors (Lipinski definition) is 2. The lowest BCUT2D eigenvalue weighted by Crippen LogP contribution is -2.21. The first-order valence-corrected chi connectivity index (χ1v) is 10.5. The van der Waals surface area contributed by atoms with Gasteiger partial charge in [0.1, 0.15) is 21.6 Å². The first-order chi connectivity index (χ1) is 15.8. The van der Waals surface area contributed by atoms with Gasteiger partial charge in [0, 0.05) is 12.2 Å². The molecule has 0 fully saturated rings. The Hall–Kier alpha value is -3.62. The molecule has 0 unspecified atom stereocenters. The van der Waals surface area contributed by atoms with Crippen LogP contribution in [-0.4, -0.2) is 33.6 Å². The van der Waals surface area contributed by atoms with Crippen LogP contribution in [0.1, 0.15) is 17.8 Å². The molecule has 0 aliphatic carbocycles. The molecule has 8 nitrogen and oxygen atoms in total. The van der Waals surface area contributed by atoms with Crippen LogP contribution in [0.4, 0.5) is 5.69 Å². The molecule has 10 heteroatoms. The highest BCUT2D eigenvalue weighted by Gasteiger charge is 2.22. The van der Waals surface area contributed by atoms with E-state index in [1.165, 1.54) is 12.1 Å². The standard InChI is InChI=1S/C23H17Cl2N3O5/c1-33-15-4-2-3-12(10-15)9-13-7-8-28-20(13)27-17-11-14(5-6-16(17)22(28)30)26-21(29)18(24)19(25)23(31)32/h2-6,9-11H,7-8H2,1H3,(H,26,29)(H,31,32)/b13-9?,19-18-. The molecule has 1 amide bonds. The molecule has 1 aliphatic heterocycles. The summed E-state index contributed by atoms with van der Waals surface area (Å²) in [6.45, 7) is 0.513. The van der Waals surface area contributed by atoms with Crippen LogP contribution in [0.25, 0.3) is 22.6 Å². The van der Waals surface area contributed by atoms with Crippen molar-refractivity contribution < 1.29 is 19.4 Å². The number of carbonyl (C=O) groups excluding carboxylic acids is 1. The fourth-order valence-corrected chi connectivity index (χ4v) is 3.76. The monoisotopic (exact) mass is 485 g/mol. The van der Waals surface area contributed by atoms with Gasteiger partial charge in [-0.25, -0.2) is 9.78 Å². The number of aliphatic carboxylic acids is 1. The number of rotatable bonds is 5. The van der Waals surface area contributed by atoms with E-state index in [-0.39, 0.29) is 11.2 Å². The van der Waals surface area contributed by atoms with Crippen molar-refractivity contribution >= 4 is 63.3 Å². The van der Waals surface area contributed by atoms with Crippen LogP contribution < -0.4 is 15.6 Å². The molecular formula is C23H17Cl2N3O5. The van der Waals surface area contributed by atoms with Gasteiger partial charge in [0.25, 0.3) is 11.5 Å². The maximum Gasteiger partial charge on any atom is 0.349 e. The van der Waals surface area contributed by atoms with Crippen LogP contribution in [0.15, 0.2) is 57.3 Å². The Kier molecular flexibility index (Phi) is 6.22. The Bertz CT molecular complexity index is 1430. The maximum absolute atomic E-state index is 13.0. The van der Waals surface area contributed by atoms with E-state index in [0.29, 0.717) is 29.7 Å². The molecule has 3 aromatic rings. The minimum Gasteiger partial charge on any atom is -0.497 e. The minimum atomic E-state index is -1.52. The van der Waals surface area contributed by atoms with Gasteiger partial charge in [-0.2, -0.15) is 0 Å². The molecule has 0 spiro atoms. The Morgan fingerprint density at radius 1 is 1.18 bits per heavy atom. The third-order valence-electron chi connectivity index (χ3n) is 5.12. The van der Waals surface area contributed by atoms with Crippen LogP contribution in [0.2, 0.25) is 0 Å². The van der Waals surface area contributed by atoms with E-state index < -0.39 is 21.9 Å². The summed E-state index contributed by atoms with van der Waals surface area (Å²) in [5.41, 5.74) is 2.30. The second-order valence-electron chi connectivity index (χ2n) is 7.21. The fourth-order valence-electron chi connectivity index (χ4n) is 3.54. The number of fused-ring (bicyclic) bond motifs is 2. The predicted octanol–water partition coefficient (Wildman–Crippen LogP) is 4.06. The molecule has 0 saturated carbocycles. The number of halogens is 2. The molecule has 33 heavy (non-hydrogen) atoms. The Morgan fingerprint density at radius 2 is 1.97 bits per heavy atom. The average molecular weight is 486 g/mol.